The maximum atomic E-state index is 9.15. The molecule has 0 heterocycles. The fraction of sp³-hybridized carbons (Fsp3) is 0.0667. The molecule has 0 unspecified atom stereocenters. The second kappa shape index (κ2) is 5.09. The summed E-state index contributed by atoms with van der Waals surface area (Å²) in [6.45, 7) is 2.00. The maximum absolute atomic E-state index is 9.15. The van der Waals surface area contributed by atoms with Gasteiger partial charge >= 0.3 is 0 Å². The number of nitrogens with zero attached hydrogens (tertiary/aromatic N) is 2. The van der Waals surface area contributed by atoms with E-state index in [-0.39, 0.29) is 0 Å². The van der Waals surface area contributed by atoms with Crippen LogP contribution in [0.5, 0.6) is 0 Å². The van der Waals surface area contributed by atoms with Crippen molar-refractivity contribution in [1.29, 1.82) is 5.26 Å². The molecule has 17 heavy (non-hydrogen) atoms. The van der Waals surface area contributed by atoms with Gasteiger partial charge in [-0.15, -0.1) is 0 Å². The van der Waals surface area contributed by atoms with Crippen LogP contribution in [0.1, 0.15) is 11.1 Å². The number of hydrogen-bond donors (Lipinski definition) is 0. The Kier molecular flexibility index (Phi) is 3.32. The largest absolute Gasteiger partial charge is 0.237 e. The van der Waals surface area contributed by atoms with E-state index in [1.54, 1.807) is 0 Å². The fourth-order valence-corrected chi connectivity index (χ4v) is 1.58. The molecule has 0 bridgehead atoms. The zero-order valence-corrected chi connectivity index (χ0v) is 9.59. The maximum Gasteiger partial charge on any atom is 0.148 e. The molecule has 0 saturated heterocycles. The molecular weight excluding hydrogens is 208 g/mol. The van der Waals surface area contributed by atoms with Gasteiger partial charge in [-0.05, 0) is 25.1 Å². The molecule has 0 aromatic heterocycles. The quantitative estimate of drug-likeness (QED) is 0.712. The predicted octanol–water partition coefficient (Wildman–Crippen LogP) is 3.64. The number of hydrogen-bond acceptors (Lipinski definition) is 2. The van der Waals surface area contributed by atoms with Crippen molar-refractivity contribution in [2.45, 2.75) is 6.92 Å². The highest BCUT2D eigenvalue weighted by atomic mass is 14.7. The molecule has 0 aliphatic heterocycles. The van der Waals surface area contributed by atoms with Crippen molar-refractivity contribution in [1.82, 2.24) is 0 Å². The van der Waals surface area contributed by atoms with Gasteiger partial charge in [0.05, 0.1) is 5.69 Å². The summed E-state index contributed by atoms with van der Waals surface area (Å²) in [6.07, 6.45) is 0. The molecule has 0 saturated carbocycles. The lowest BCUT2D eigenvalue weighted by Gasteiger charge is -2.00. The van der Waals surface area contributed by atoms with Crippen LogP contribution in [-0.2, 0) is 0 Å². The lowest BCUT2D eigenvalue weighted by atomic mass is 10.1. The summed E-state index contributed by atoms with van der Waals surface area (Å²) in [5.74, 6) is 0. The van der Waals surface area contributed by atoms with Crippen molar-refractivity contribution in [3.63, 3.8) is 0 Å². The Morgan fingerprint density at radius 2 is 1.82 bits per heavy atom. The van der Waals surface area contributed by atoms with E-state index < -0.39 is 0 Å². The summed E-state index contributed by atoms with van der Waals surface area (Å²) in [7, 11) is 0. The van der Waals surface area contributed by atoms with Gasteiger partial charge in [0, 0.05) is 5.56 Å². The molecule has 2 aromatic carbocycles. The molecule has 0 N–H and O–H groups in total. The van der Waals surface area contributed by atoms with Crippen molar-refractivity contribution < 1.29 is 0 Å². The average Bonchev–Trinajstić information content (AvgIpc) is 2.37. The molecule has 2 aromatic rings. The summed E-state index contributed by atoms with van der Waals surface area (Å²) in [6, 6.07) is 19.4. The number of aryl methyl sites for hydroxylation is 1. The molecule has 0 atom stereocenters. The first-order valence-corrected chi connectivity index (χ1v) is 5.40. The number of aliphatic imine (C=N–C) groups is 1. The number of benzene rings is 2. The molecule has 0 aliphatic carbocycles. The van der Waals surface area contributed by atoms with Crippen LogP contribution in [-0.4, -0.2) is 5.71 Å². The van der Waals surface area contributed by atoms with E-state index in [4.69, 9.17) is 5.26 Å². The minimum Gasteiger partial charge on any atom is -0.237 e. The second-order valence-corrected chi connectivity index (χ2v) is 3.78. The predicted molar refractivity (Wildman–Crippen MR) is 69.4 cm³/mol. The highest BCUT2D eigenvalue weighted by Crippen LogP contribution is 2.13. The zero-order chi connectivity index (χ0) is 12.1. The molecule has 0 amide bonds. The highest BCUT2D eigenvalue weighted by molar-refractivity contribution is 6.12. The Labute approximate surface area is 101 Å². The van der Waals surface area contributed by atoms with Gasteiger partial charge in [-0.25, -0.2) is 4.99 Å². The Morgan fingerprint density at radius 3 is 2.47 bits per heavy atom. The van der Waals surface area contributed by atoms with E-state index in [0.29, 0.717) is 5.71 Å². The van der Waals surface area contributed by atoms with Gasteiger partial charge in [0.25, 0.3) is 0 Å². The van der Waals surface area contributed by atoms with E-state index >= 15 is 0 Å². The van der Waals surface area contributed by atoms with E-state index in [9.17, 15) is 0 Å². The first-order chi connectivity index (χ1) is 8.29. The summed E-state index contributed by atoms with van der Waals surface area (Å²) >= 11 is 0. The van der Waals surface area contributed by atoms with Gasteiger partial charge in [-0.2, -0.15) is 5.26 Å². The lowest BCUT2D eigenvalue weighted by Crippen LogP contribution is -1.96. The molecule has 2 heteroatoms. The minimum atomic E-state index is 0.444. The first-order valence-electron chi connectivity index (χ1n) is 5.40. The van der Waals surface area contributed by atoms with Crippen LogP contribution in [0.4, 0.5) is 5.69 Å². The standard InChI is InChI=1S/C15H12N2/c1-12-6-5-7-13(10-12)15(11-16)17-14-8-3-2-4-9-14/h2-10H,1H3. The second-order valence-electron chi connectivity index (χ2n) is 3.78. The summed E-state index contributed by atoms with van der Waals surface area (Å²) in [5, 5.41) is 9.15. The van der Waals surface area contributed by atoms with Gasteiger partial charge < -0.3 is 0 Å². The number of rotatable bonds is 2. The molecule has 0 radical (unpaired) electrons. The van der Waals surface area contributed by atoms with Gasteiger partial charge in [0.2, 0.25) is 0 Å². The Hall–Kier alpha value is -2.40. The third-order valence-corrected chi connectivity index (χ3v) is 2.39. The fourth-order valence-electron chi connectivity index (χ4n) is 1.58. The Balaban J connectivity index is 2.42. The molecule has 0 aliphatic rings. The van der Waals surface area contributed by atoms with Crippen LogP contribution in [0.25, 0.3) is 0 Å². The molecular formula is C15H12N2. The van der Waals surface area contributed by atoms with Gasteiger partial charge in [-0.1, -0.05) is 42.0 Å². The van der Waals surface area contributed by atoms with Crippen LogP contribution in [0.15, 0.2) is 59.6 Å². The van der Waals surface area contributed by atoms with Crippen molar-refractivity contribution in [3.8, 4) is 6.07 Å². The number of para-hydroxylation sites is 1. The third kappa shape index (κ3) is 2.79. The van der Waals surface area contributed by atoms with Gasteiger partial charge in [0.15, 0.2) is 0 Å². The van der Waals surface area contributed by atoms with Crippen molar-refractivity contribution in [3.05, 3.63) is 65.7 Å². The topological polar surface area (TPSA) is 36.1 Å². The Morgan fingerprint density at radius 1 is 1.06 bits per heavy atom. The van der Waals surface area contributed by atoms with Crippen molar-refractivity contribution >= 4 is 11.4 Å². The van der Waals surface area contributed by atoms with E-state index in [0.717, 1.165) is 16.8 Å². The Bertz CT molecular complexity index is 577. The van der Waals surface area contributed by atoms with Gasteiger partial charge in [0.1, 0.15) is 11.8 Å². The molecule has 2 rings (SSSR count). The monoisotopic (exact) mass is 220 g/mol. The molecule has 0 spiro atoms. The SMILES string of the molecule is Cc1cccc(C(C#N)=Nc2ccccc2)c1. The summed E-state index contributed by atoms with van der Waals surface area (Å²) in [4.78, 5) is 4.34. The molecule has 82 valence electrons. The van der Waals surface area contributed by atoms with E-state index in [1.165, 1.54) is 0 Å². The van der Waals surface area contributed by atoms with Crippen LogP contribution in [0, 0.1) is 18.3 Å². The average molecular weight is 220 g/mol. The molecule has 2 nitrogen and oxygen atoms in total. The zero-order valence-electron chi connectivity index (χ0n) is 9.59. The van der Waals surface area contributed by atoms with Crippen LogP contribution >= 0.6 is 0 Å². The first kappa shape index (κ1) is 11.1. The summed E-state index contributed by atoms with van der Waals surface area (Å²) < 4.78 is 0. The van der Waals surface area contributed by atoms with E-state index in [1.807, 2.05) is 61.5 Å². The smallest absolute Gasteiger partial charge is 0.148 e. The highest BCUT2D eigenvalue weighted by Gasteiger charge is 2.02. The molecule has 0 fully saturated rings. The van der Waals surface area contributed by atoms with Crippen LogP contribution in [0.2, 0.25) is 0 Å². The lowest BCUT2D eigenvalue weighted by molar-refractivity contribution is 1.43. The van der Waals surface area contributed by atoms with Gasteiger partial charge in [-0.3, -0.25) is 0 Å². The van der Waals surface area contributed by atoms with E-state index in [2.05, 4.69) is 11.1 Å². The minimum absolute atomic E-state index is 0.444. The number of nitriles is 1. The van der Waals surface area contributed by atoms with Crippen molar-refractivity contribution in [2.75, 3.05) is 0 Å². The normalized spacial score (nSPS) is 10.9. The van der Waals surface area contributed by atoms with Crippen molar-refractivity contribution in [2.24, 2.45) is 4.99 Å². The third-order valence-electron chi connectivity index (χ3n) is 2.39. The summed E-state index contributed by atoms with van der Waals surface area (Å²) in [5.41, 5.74) is 3.22. The van der Waals surface area contributed by atoms with Crippen LogP contribution in [0.3, 0.4) is 0 Å². The van der Waals surface area contributed by atoms with Crippen LogP contribution < -0.4 is 0 Å².